The number of benzene rings is 1. The Balaban J connectivity index is 1.93. The van der Waals surface area contributed by atoms with Crippen LogP contribution in [0.25, 0.3) is 0 Å². The van der Waals surface area contributed by atoms with E-state index in [1.54, 1.807) is 17.0 Å². The maximum absolute atomic E-state index is 12.9. The zero-order valence-electron chi connectivity index (χ0n) is 12.4. The normalized spacial score (nSPS) is 18.4. The number of nitrogens with one attached hydrogen (secondary N) is 1. The molecule has 1 atom stereocenters. The quantitative estimate of drug-likeness (QED) is 0.905. The molecular formula is C16H21FN2O2. The van der Waals surface area contributed by atoms with Crippen LogP contribution in [0.2, 0.25) is 0 Å². The third-order valence-corrected chi connectivity index (χ3v) is 3.66. The van der Waals surface area contributed by atoms with Crippen LogP contribution in [0.5, 0.6) is 0 Å². The Kier molecular flexibility index (Phi) is 4.94. The van der Waals surface area contributed by atoms with E-state index < -0.39 is 0 Å². The average molecular weight is 292 g/mol. The first kappa shape index (κ1) is 15.5. The van der Waals surface area contributed by atoms with Crippen LogP contribution < -0.4 is 10.2 Å². The van der Waals surface area contributed by atoms with E-state index in [0.29, 0.717) is 24.7 Å². The van der Waals surface area contributed by atoms with Gasteiger partial charge in [-0.25, -0.2) is 4.39 Å². The largest absolute Gasteiger partial charge is 0.356 e. The van der Waals surface area contributed by atoms with E-state index in [9.17, 15) is 14.0 Å². The Morgan fingerprint density at radius 2 is 2.05 bits per heavy atom. The lowest BCUT2D eigenvalue weighted by Crippen LogP contribution is -2.33. The van der Waals surface area contributed by atoms with Crippen molar-refractivity contribution in [3.63, 3.8) is 0 Å². The highest BCUT2D eigenvalue weighted by Gasteiger charge is 2.34. The van der Waals surface area contributed by atoms with Crippen LogP contribution in [0.1, 0.15) is 26.7 Å². The van der Waals surface area contributed by atoms with Gasteiger partial charge in [-0.3, -0.25) is 9.59 Å². The number of hydrogen-bond donors (Lipinski definition) is 1. The van der Waals surface area contributed by atoms with Gasteiger partial charge in [0.25, 0.3) is 0 Å². The van der Waals surface area contributed by atoms with Crippen molar-refractivity contribution in [3.05, 3.63) is 30.1 Å². The average Bonchev–Trinajstić information content (AvgIpc) is 2.81. The molecule has 0 spiro atoms. The van der Waals surface area contributed by atoms with E-state index in [4.69, 9.17) is 0 Å². The molecule has 1 aromatic carbocycles. The van der Waals surface area contributed by atoms with Crippen molar-refractivity contribution < 1.29 is 14.0 Å². The molecule has 4 nitrogen and oxygen atoms in total. The summed E-state index contributed by atoms with van der Waals surface area (Å²) in [5, 5.41) is 2.88. The third-order valence-electron chi connectivity index (χ3n) is 3.66. The second-order valence-corrected chi connectivity index (χ2v) is 5.86. The van der Waals surface area contributed by atoms with E-state index in [1.807, 2.05) is 0 Å². The van der Waals surface area contributed by atoms with Gasteiger partial charge in [-0.05, 0) is 36.6 Å². The molecule has 1 saturated heterocycles. The highest BCUT2D eigenvalue weighted by atomic mass is 19.1. The maximum atomic E-state index is 12.9. The van der Waals surface area contributed by atoms with Gasteiger partial charge in [0.05, 0.1) is 5.92 Å². The van der Waals surface area contributed by atoms with E-state index in [0.717, 1.165) is 6.42 Å². The predicted octanol–water partition coefficient (Wildman–Crippen LogP) is 2.34. The minimum absolute atomic E-state index is 0.0754. The number of rotatable bonds is 5. The Bertz CT molecular complexity index is 514. The molecule has 1 aliphatic rings. The monoisotopic (exact) mass is 292 g/mol. The molecule has 21 heavy (non-hydrogen) atoms. The van der Waals surface area contributed by atoms with Crippen LogP contribution in [-0.4, -0.2) is 24.9 Å². The first-order valence-electron chi connectivity index (χ1n) is 7.31. The minimum Gasteiger partial charge on any atom is -0.356 e. The first-order chi connectivity index (χ1) is 9.97. The molecule has 114 valence electrons. The molecule has 0 aliphatic carbocycles. The Morgan fingerprint density at radius 1 is 1.38 bits per heavy atom. The number of amides is 2. The van der Waals surface area contributed by atoms with Crippen LogP contribution in [0, 0.1) is 17.7 Å². The lowest BCUT2D eigenvalue weighted by Gasteiger charge is -2.16. The van der Waals surface area contributed by atoms with Crippen LogP contribution in [0.15, 0.2) is 24.3 Å². The molecule has 0 aromatic heterocycles. The van der Waals surface area contributed by atoms with Gasteiger partial charge in [0.15, 0.2) is 0 Å². The molecule has 2 rings (SSSR count). The molecule has 5 heteroatoms. The molecule has 1 aliphatic heterocycles. The summed E-state index contributed by atoms with van der Waals surface area (Å²) < 4.78 is 12.9. The molecule has 0 radical (unpaired) electrons. The molecule has 0 bridgehead atoms. The van der Waals surface area contributed by atoms with Gasteiger partial charge in [0.2, 0.25) is 11.8 Å². The van der Waals surface area contributed by atoms with E-state index >= 15 is 0 Å². The molecule has 1 N–H and O–H groups in total. The fraction of sp³-hybridized carbons (Fsp3) is 0.500. The molecule has 0 saturated carbocycles. The molecular weight excluding hydrogens is 271 g/mol. The number of hydrogen-bond acceptors (Lipinski definition) is 2. The van der Waals surface area contributed by atoms with Gasteiger partial charge in [-0.15, -0.1) is 0 Å². The second-order valence-electron chi connectivity index (χ2n) is 5.86. The predicted molar refractivity (Wildman–Crippen MR) is 79.3 cm³/mol. The Hall–Kier alpha value is -1.91. The molecule has 1 unspecified atom stereocenters. The Morgan fingerprint density at radius 3 is 2.67 bits per heavy atom. The highest BCUT2D eigenvalue weighted by Crippen LogP contribution is 2.25. The van der Waals surface area contributed by atoms with Gasteiger partial charge in [-0.2, -0.15) is 0 Å². The Labute approximate surface area is 124 Å². The van der Waals surface area contributed by atoms with Crippen LogP contribution in [0.4, 0.5) is 10.1 Å². The zero-order valence-corrected chi connectivity index (χ0v) is 12.4. The minimum atomic E-state index is -0.339. The van der Waals surface area contributed by atoms with Crippen molar-refractivity contribution in [1.82, 2.24) is 5.32 Å². The zero-order chi connectivity index (χ0) is 15.4. The molecule has 1 fully saturated rings. The summed E-state index contributed by atoms with van der Waals surface area (Å²) in [6.07, 6.45) is 1.14. The van der Waals surface area contributed by atoms with Crippen molar-refractivity contribution >= 4 is 17.5 Å². The number of carbonyl (C=O) groups excluding carboxylic acids is 2. The van der Waals surface area contributed by atoms with Crippen molar-refractivity contribution in [2.75, 3.05) is 18.0 Å². The number of nitrogens with zero attached hydrogens (tertiary/aromatic N) is 1. The van der Waals surface area contributed by atoms with E-state index in [2.05, 4.69) is 19.2 Å². The number of carbonyl (C=O) groups is 2. The van der Waals surface area contributed by atoms with Crippen LogP contribution >= 0.6 is 0 Å². The fourth-order valence-corrected chi connectivity index (χ4v) is 2.38. The van der Waals surface area contributed by atoms with Crippen LogP contribution in [0.3, 0.4) is 0 Å². The molecule has 1 aromatic rings. The lowest BCUT2D eigenvalue weighted by molar-refractivity contribution is -0.126. The SMILES string of the molecule is CC(C)CCNC(=O)C1CC(=O)N(c2ccc(F)cc2)C1. The van der Waals surface area contributed by atoms with Gasteiger partial charge in [0.1, 0.15) is 5.82 Å². The van der Waals surface area contributed by atoms with Crippen LogP contribution in [-0.2, 0) is 9.59 Å². The fourth-order valence-electron chi connectivity index (χ4n) is 2.38. The standard InChI is InChI=1S/C16H21FN2O2/c1-11(2)7-8-18-16(21)12-9-15(20)19(10-12)14-5-3-13(17)4-6-14/h3-6,11-12H,7-10H2,1-2H3,(H,18,21). The summed E-state index contributed by atoms with van der Waals surface area (Å²) in [7, 11) is 0. The molecule has 1 heterocycles. The maximum Gasteiger partial charge on any atom is 0.227 e. The smallest absolute Gasteiger partial charge is 0.227 e. The van der Waals surface area contributed by atoms with Crippen molar-refractivity contribution in [3.8, 4) is 0 Å². The first-order valence-corrected chi connectivity index (χ1v) is 7.31. The van der Waals surface area contributed by atoms with Gasteiger partial charge < -0.3 is 10.2 Å². The second kappa shape index (κ2) is 6.70. The third kappa shape index (κ3) is 4.03. The summed E-state index contributed by atoms with van der Waals surface area (Å²) in [6, 6.07) is 5.76. The summed E-state index contributed by atoms with van der Waals surface area (Å²) in [5.74, 6) is -0.298. The summed E-state index contributed by atoms with van der Waals surface area (Å²) in [5.41, 5.74) is 0.638. The van der Waals surface area contributed by atoms with Crippen molar-refractivity contribution in [2.45, 2.75) is 26.7 Å². The summed E-state index contributed by atoms with van der Waals surface area (Å²) in [4.78, 5) is 25.6. The van der Waals surface area contributed by atoms with Gasteiger partial charge in [0, 0.05) is 25.2 Å². The topological polar surface area (TPSA) is 49.4 Å². The molecule has 2 amide bonds. The lowest BCUT2D eigenvalue weighted by atomic mass is 10.1. The van der Waals surface area contributed by atoms with Gasteiger partial charge in [-0.1, -0.05) is 13.8 Å². The van der Waals surface area contributed by atoms with Crippen molar-refractivity contribution in [2.24, 2.45) is 11.8 Å². The number of halogens is 1. The van der Waals surface area contributed by atoms with E-state index in [1.165, 1.54) is 12.1 Å². The van der Waals surface area contributed by atoms with Gasteiger partial charge >= 0.3 is 0 Å². The van der Waals surface area contributed by atoms with Crippen molar-refractivity contribution in [1.29, 1.82) is 0 Å². The highest BCUT2D eigenvalue weighted by molar-refractivity contribution is 6.00. The number of anilines is 1. The van der Waals surface area contributed by atoms with E-state index in [-0.39, 0.29) is 30.0 Å². The summed E-state index contributed by atoms with van der Waals surface area (Å²) in [6.45, 7) is 5.19. The summed E-state index contributed by atoms with van der Waals surface area (Å²) >= 11 is 0.